The van der Waals surface area contributed by atoms with Crippen LogP contribution in [-0.2, 0) is 6.42 Å². The number of aromatic nitrogens is 3. The van der Waals surface area contributed by atoms with Crippen LogP contribution in [0.5, 0.6) is 0 Å². The molecule has 0 amide bonds. The van der Waals surface area contributed by atoms with Crippen LogP contribution in [0.4, 0.5) is 0 Å². The van der Waals surface area contributed by atoms with Crippen molar-refractivity contribution in [2.24, 2.45) is 0 Å². The highest BCUT2D eigenvalue weighted by molar-refractivity contribution is 5.99. The first-order valence-electron chi connectivity index (χ1n) is 13.4. The molecule has 5 aromatic carbocycles. The Bertz CT molecular complexity index is 1840. The summed E-state index contributed by atoms with van der Waals surface area (Å²) in [5, 5.41) is 13.8. The molecule has 3 heteroatoms. The van der Waals surface area contributed by atoms with E-state index in [1.54, 1.807) is 0 Å². The van der Waals surface area contributed by atoms with Gasteiger partial charge in [0.05, 0.1) is 0 Å². The molecule has 0 fully saturated rings. The zero-order chi connectivity index (χ0) is 26.3. The molecule has 1 aliphatic carbocycles. The van der Waals surface area contributed by atoms with E-state index in [1.807, 2.05) is 12.1 Å². The van der Waals surface area contributed by atoms with Gasteiger partial charge in [-0.2, -0.15) is 0 Å². The monoisotopic (exact) mass is 501 g/mol. The maximum atomic E-state index is 4.78. The van der Waals surface area contributed by atoms with E-state index in [-0.39, 0.29) is 0 Å². The van der Waals surface area contributed by atoms with Crippen LogP contribution in [0.2, 0.25) is 0 Å². The van der Waals surface area contributed by atoms with E-state index in [9.17, 15) is 0 Å². The van der Waals surface area contributed by atoms with E-state index in [4.69, 9.17) is 10.2 Å². The molecule has 0 unspecified atom stereocenters. The van der Waals surface area contributed by atoms with Gasteiger partial charge in [0, 0.05) is 16.7 Å². The summed E-state index contributed by atoms with van der Waals surface area (Å²) < 4.78 is 0. The standard InChI is InChI=1S/C36H27N3/c1-23-21-31-29-19-10-9-17-27(29)22-32(31)33(24(23)2)34-35(26-15-7-4-8-16-26)37-39-38-36(34)30-20-12-11-18-28(30)25-13-5-3-6-14-25/h3-21H,22H2,1-2H3. The maximum Gasteiger partial charge on any atom is 0.105 e. The SMILES string of the molecule is Cc1cc2c(c(-c3c(-c4ccccc4)nnnc3-c3ccccc3-c3ccccc3)c1C)Cc1ccccc1-2. The summed E-state index contributed by atoms with van der Waals surface area (Å²) in [4.78, 5) is 0. The molecule has 0 saturated carbocycles. The summed E-state index contributed by atoms with van der Waals surface area (Å²) in [6.07, 6.45) is 0.887. The second-order valence-corrected chi connectivity index (χ2v) is 10.2. The smallest absolute Gasteiger partial charge is 0.105 e. The minimum absolute atomic E-state index is 0.857. The summed E-state index contributed by atoms with van der Waals surface area (Å²) in [5.41, 5.74) is 16.2. The fraction of sp³-hybridized carbons (Fsp3) is 0.0833. The van der Waals surface area contributed by atoms with Crippen molar-refractivity contribution in [2.45, 2.75) is 20.3 Å². The predicted molar refractivity (Wildman–Crippen MR) is 159 cm³/mol. The molecule has 0 radical (unpaired) electrons. The summed E-state index contributed by atoms with van der Waals surface area (Å²) in [5.74, 6) is 0. The lowest BCUT2D eigenvalue weighted by molar-refractivity contribution is 0.878. The van der Waals surface area contributed by atoms with E-state index < -0.39 is 0 Å². The zero-order valence-corrected chi connectivity index (χ0v) is 22.0. The fourth-order valence-electron chi connectivity index (χ4n) is 5.97. The molecule has 1 heterocycles. The van der Waals surface area contributed by atoms with Crippen LogP contribution in [-0.4, -0.2) is 15.4 Å². The molecule has 0 bridgehead atoms. The zero-order valence-electron chi connectivity index (χ0n) is 22.0. The van der Waals surface area contributed by atoms with Gasteiger partial charge in [-0.1, -0.05) is 115 Å². The lowest BCUT2D eigenvalue weighted by Gasteiger charge is -2.21. The molecule has 1 aromatic heterocycles. The van der Waals surface area contributed by atoms with E-state index in [1.165, 1.54) is 38.9 Å². The average molecular weight is 502 g/mol. The Morgan fingerprint density at radius 2 is 1.10 bits per heavy atom. The van der Waals surface area contributed by atoms with Crippen molar-refractivity contribution in [3.8, 4) is 55.9 Å². The van der Waals surface area contributed by atoms with Crippen LogP contribution >= 0.6 is 0 Å². The summed E-state index contributed by atoms with van der Waals surface area (Å²) in [7, 11) is 0. The number of aryl methyl sites for hydroxylation is 1. The Morgan fingerprint density at radius 3 is 1.85 bits per heavy atom. The molecular formula is C36H27N3. The van der Waals surface area contributed by atoms with Crippen molar-refractivity contribution >= 4 is 0 Å². The van der Waals surface area contributed by atoms with Gasteiger partial charge >= 0.3 is 0 Å². The van der Waals surface area contributed by atoms with Crippen LogP contribution < -0.4 is 0 Å². The number of hydrogen-bond acceptors (Lipinski definition) is 3. The van der Waals surface area contributed by atoms with Crippen LogP contribution in [0.25, 0.3) is 55.9 Å². The second kappa shape index (κ2) is 9.45. The first kappa shape index (κ1) is 23.2. The molecule has 0 aliphatic heterocycles. The van der Waals surface area contributed by atoms with Gasteiger partial charge in [-0.3, -0.25) is 0 Å². The van der Waals surface area contributed by atoms with Gasteiger partial charge in [0.2, 0.25) is 0 Å². The molecule has 0 atom stereocenters. The normalized spacial score (nSPS) is 11.7. The highest BCUT2D eigenvalue weighted by atomic mass is 15.3. The largest absolute Gasteiger partial charge is 0.129 e. The second-order valence-electron chi connectivity index (χ2n) is 10.2. The molecule has 0 saturated heterocycles. The number of benzene rings is 5. The van der Waals surface area contributed by atoms with Gasteiger partial charge < -0.3 is 0 Å². The van der Waals surface area contributed by atoms with Crippen LogP contribution in [0, 0.1) is 13.8 Å². The van der Waals surface area contributed by atoms with Gasteiger partial charge in [-0.25, -0.2) is 0 Å². The Morgan fingerprint density at radius 1 is 0.513 bits per heavy atom. The minimum Gasteiger partial charge on any atom is -0.129 e. The number of fused-ring (bicyclic) bond motifs is 3. The lowest BCUT2D eigenvalue weighted by Crippen LogP contribution is -2.05. The van der Waals surface area contributed by atoms with Crippen molar-refractivity contribution < 1.29 is 0 Å². The lowest BCUT2D eigenvalue weighted by atomic mass is 9.84. The highest BCUT2D eigenvalue weighted by Gasteiger charge is 2.29. The van der Waals surface area contributed by atoms with Crippen LogP contribution in [0.1, 0.15) is 22.3 Å². The van der Waals surface area contributed by atoms with Crippen LogP contribution in [0.3, 0.4) is 0 Å². The van der Waals surface area contributed by atoms with Gasteiger partial charge in [-0.15, -0.1) is 10.2 Å². The third-order valence-electron chi connectivity index (χ3n) is 7.96. The van der Waals surface area contributed by atoms with Crippen LogP contribution in [0.15, 0.2) is 115 Å². The Labute approximate surface area is 228 Å². The molecule has 186 valence electrons. The Kier molecular flexibility index (Phi) is 5.63. The third kappa shape index (κ3) is 3.86. The molecular weight excluding hydrogens is 474 g/mol. The Hall–Kier alpha value is -4.89. The minimum atomic E-state index is 0.857. The van der Waals surface area contributed by atoms with E-state index >= 15 is 0 Å². The quantitative estimate of drug-likeness (QED) is 0.242. The topological polar surface area (TPSA) is 38.7 Å². The van der Waals surface area contributed by atoms with Crippen molar-refractivity contribution in [3.05, 3.63) is 138 Å². The van der Waals surface area contributed by atoms with Gasteiger partial charge in [-0.05, 0) is 75.6 Å². The number of nitrogens with zero attached hydrogens (tertiary/aromatic N) is 3. The first-order valence-corrected chi connectivity index (χ1v) is 13.4. The van der Waals surface area contributed by atoms with E-state index in [0.29, 0.717) is 0 Å². The first-order chi connectivity index (χ1) is 19.2. The van der Waals surface area contributed by atoms with Crippen molar-refractivity contribution in [1.29, 1.82) is 0 Å². The van der Waals surface area contributed by atoms with Gasteiger partial charge in [0.1, 0.15) is 11.4 Å². The molecule has 3 nitrogen and oxygen atoms in total. The predicted octanol–water partition coefficient (Wildman–Crippen LogP) is 8.73. The maximum absolute atomic E-state index is 4.78. The highest BCUT2D eigenvalue weighted by Crippen LogP contribution is 2.49. The molecule has 1 aliphatic rings. The number of hydrogen-bond donors (Lipinski definition) is 0. The van der Waals surface area contributed by atoms with Crippen molar-refractivity contribution in [2.75, 3.05) is 0 Å². The molecule has 7 rings (SSSR count). The Balaban J connectivity index is 1.59. The van der Waals surface area contributed by atoms with Crippen molar-refractivity contribution in [1.82, 2.24) is 15.4 Å². The molecule has 0 N–H and O–H groups in total. The van der Waals surface area contributed by atoms with Gasteiger partial charge in [0.15, 0.2) is 0 Å². The number of rotatable bonds is 4. The van der Waals surface area contributed by atoms with Crippen molar-refractivity contribution in [3.63, 3.8) is 0 Å². The molecule has 39 heavy (non-hydrogen) atoms. The third-order valence-corrected chi connectivity index (χ3v) is 7.96. The van der Waals surface area contributed by atoms with E-state index in [2.05, 4.69) is 122 Å². The summed E-state index contributed by atoms with van der Waals surface area (Å²) in [6.45, 7) is 4.44. The fourth-order valence-corrected chi connectivity index (χ4v) is 5.97. The summed E-state index contributed by atoms with van der Waals surface area (Å²) >= 11 is 0. The average Bonchev–Trinajstić information content (AvgIpc) is 3.36. The van der Waals surface area contributed by atoms with E-state index in [0.717, 1.165) is 45.6 Å². The van der Waals surface area contributed by atoms with Gasteiger partial charge in [0.25, 0.3) is 0 Å². The molecule has 0 spiro atoms. The molecule has 6 aromatic rings. The summed E-state index contributed by atoms with van der Waals surface area (Å²) in [6, 6.07) is 40.5.